The van der Waals surface area contributed by atoms with E-state index in [0.717, 1.165) is 0 Å². The zero-order chi connectivity index (χ0) is 14.3. The first-order chi connectivity index (χ1) is 9.54. The van der Waals surface area contributed by atoms with Crippen molar-refractivity contribution in [2.45, 2.75) is 0 Å². The first kappa shape index (κ1) is 12.6. The van der Waals surface area contributed by atoms with Crippen molar-refractivity contribution in [3.63, 3.8) is 0 Å². The lowest BCUT2D eigenvalue weighted by atomic mass is 10.2. The number of nitrogens with zero attached hydrogens (tertiary/aromatic N) is 1. The van der Waals surface area contributed by atoms with Crippen molar-refractivity contribution >= 4 is 28.7 Å². The second kappa shape index (κ2) is 4.61. The van der Waals surface area contributed by atoms with Crippen LogP contribution in [0.2, 0.25) is 5.02 Å². The zero-order valence-corrected chi connectivity index (χ0v) is 10.7. The van der Waals surface area contributed by atoms with Crippen molar-refractivity contribution in [3.8, 4) is 11.5 Å². The lowest BCUT2D eigenvalue weighted by Gasteiger charge is -1.98. The summed E-state index contributed by atoms with van der Waals surface area (Å²) < 4.78 is 19.2. The Morgan fingerprint density at radius 2 is 2.05 bits per heavy atom. The summed E-state index contributed by atoms with van der Waals surface area (Å²) >= 11 is 5.82. The average Bonchev–Trinajstić information content (AvgIpc) is 2.83. The molecular formula is C14H7ClFNO3. The Hall–Kier alpha value is -2.40. The molecule has 0 fully saturated rings. The molecule has 100 valence electrons. The first-order valence-corrected chi connectivity index (χ1v) is 6.02. The van der Waals surface area contributed by atoms with E-state index < -0.39 is 11.8 Å². The van der Waals surface area contributed by atoms with Gasteiger partial charge in [-0.25, -0.2) is 14.2 Å². The number of benzene rings is 2. The molecule has 3 aromatic rings. The molecule has 0 amide bonds. The van der Waals surface area contributed by atoms with Crippen molar-refractivity contribution in [1.29, 1.82) is 0 Å². The topological polar surface area (TPSA) is 63.3 Å². The van der Waals surface area contributed by atoms with Crippen LogP contribution in [0.1, 0.15) is 10.4 Å². The van der Waals surface area contributed by atoms with Crippen LogP contribution in [0, 0.1) is 5.82 Å². The van der Waals surface area contributed by atoms with Gasteiger partial charge >= 0.3 is 5.97 Å². The minimum absolute atomic E-state index is 0.0579. The lowest BCUT2D eigenvalue weighted by Crippen LogP contribution is -1.94. The normalized spacial score (nSPS) is 10.9. The van der Waals surface area contributed by atoms with Crippen LogP contribution in [0.4, 0.5) is 4.39 Å². The van der Waals surface area contributed by atoms with Crippen molar-refractivity contribution < 1.29 is 18.7 Å². The molecule has 1 N–H and O–H groups in total. The SMILES string of the molecule is O=C(O)c1ccc2oc(-c3cc(Cl)ccc3F)nc2c1. The zero-order valence-electron chi connectivity index (χ0n) is 9.93. The van der Waals surface area contributed by atoms with E-state index in [2.05, 4.69) is 4.98 Å². The predicted molar refractivity (Wildman–Crippen MR) is 71.4 cm³/mol. The van der Waals surface area contributed by atoms with Gasteiger partial charge in [0.1, 0.15) is 11.3 Å². The predicted octanol–water partition coefficient (Wildman–Crippen LogP) is 3.99. The van der Waals surface area contributed by atoms with E-state index in [-0.39, 0.29) is 17.0 Å². The van der Waals surface area contributed by atoms with Crippen molar-refractivity contribution in [3.05, 3.63) is 52.8 Å². The highest BCUT2D eigenvalue weighted by atomic mass is 35.5. The number of halogens is 2. The van der Waals surface area contributed by atoms with Gasteiger partial charge < -0.3 is 9.52 Å². The van der Waals surface area contributed by atoms with E-state index in [1.807, 2.05) is 0 Å². The molecule has 0 unspecified atom stereocenters. The fourth-order valence-electron chi connectivity index (χ4n) is 1.84. The summed E-state index contributed by atoms with van der Waals surface area (Å²) in [5.41, 5.74) is 0.943. The molecule has 1 heterocycles. The Kier molecular flexibility index (Phi) is 2.91. The monoisotopic (exact) mass is 291 g/mol. The van der Waals surface area contributed by atoms with Crippen molar-refractivity contribution in [2.24, 2.45) is 0 Å². The number of carboxylic acid groups (broad SMARTS) is 1. The van der Waals surface area contributed by atoms with Gasteiger partial charge in [0.15, 0.2) is 5.58 Å². The Morgan fingerprint density at radius 1 is 1.25 bits per heavy atom. The lowest BCUT2D eigenvalue weighted by molar-refractivity contribution is 0.0697. The van der Waals surface area contributed by atoms with Gasteiger partial charge in [0.05, 0.1) is 11.1 Å². The number of rotatable bonds is 2. The van der Waals surface area contributed by atoms with Gasteiger partial charge in [0, 0.05) is 5.02 Å². The van der Waals surface area contributed by atoms with E-state index in [9.17, 15) is 9.18 Å². The molecule has 0 bridgehead atoms. The van der Waals surface area contributed by atoms with Gasteiger partial charge in [-0.2, -0.15) is 0 Å². The summed E-state index contributed by atoms with van der Waals surface area (Å²) in [6.45, 7) is 0. The molecule has 0 aliphatic carbocycles. The van der Waals surface area contributed by atoms with Crippen LogP contribution >= 0.6 is 11.6 Å². The molecule has 0 saturated carbocycles. The van der Waals surface area contributed by atoms with E-state index in [1.54, 1.807) is 0 Å². The number of aromatic nitrogens is 1. The minimum Gasteiger partial charge on any atom is -0.478 e. The van der Waals surface area contributed by atoms with Crippen molar-refractivity contribution in [2.75, 3.05) is 0 Å². The molecule has 4 nitrogen and oxygen atoms in total. The molecule has 3 rings (SSSR count). The number of carboxylic acids is 1. The van der Waals surface area contributed by atoms with Crippen LogP contribution in [0.5, 0.6) is 0 Å². The maximum Gasteiger partial charge on any atom is 0.335 e. The Labute approximate surface area is 117 Å². The molecule has 2 aromatic carbocycles. The molecule has 20 heavy (non-hydrogen) atoms. The Balaban J connectivity index is 2.17. The third-order valence-corrected chi connectivity index (χ3v) is 3.03. The fraction of sp³-hybridized carbons (Fsp3) is 0. The quantitative estimate of drug-likeness (QED) is 0.775. The largest absolute Gasteiger partial charge is 0.478 e. The van der Waals surface area contributed by atoms with Crippen LogP contribution in [-0.2, 0) is 0 Å². The number of aromatic carboxylic acids is 1. The molecule has 0 spiro atoms. The second-order valence-electron chi connectivity index (χ2n) is 4.13. The molecule has 0 saturated heterocycles. The van der Waals surface area contributed by atoms with E-state index in [4.69, 9.17) is 21.1 Å². The summed E-state index contributed by atoms with van der Waals surface area (Å²) in [7, 11) is 0. The molecule has 0 atom stereocenters. The summed E-state index contributed by atoms with van der Waals surface area (Å²) in [5, 5.41) is 9.27. The van der Waals surface area contributed by atoms with Gasteiger partial charge in [0.25, 0.3) is 0 Å². The van der Waals surface area contributed by atoms with Gasteiger partial charge in [-0.15, -0.1) is 0 Å². The van der Waals surface area contributed by atoms with Crippen molar-refractivity contribution in [1.82, 2.24) is 4.98 Å². The van der Waals surface area contributed by atoms with E-state index >= 15 is 0 Å². The molecule has 1 aromatic heterocycles. The number of hydrogen-bond acceptors (Lipinski definition) is 3. The van der Waals surface area contributed by atoms with Crippen LogP contribution in [0.25, 0.3) is 22.6 Å². The first-order valence-electron chi connectivity index (χ1n) is 5.64. The summed E-state index contributed by atoms with van der Waals surface area (Å²) in [6.07, 6.45) is 0. The fourth-order valence-corrected chi connectivity index (χ4v) is 2.01. The third-order valence-electron chi connectivity index (χ3n) is 2.79. The van der Waals surface area contributed by atoms with E-state index in [1.165, 1.54) is 36.4 Å². The highest BCUT2D eigenvalue weighted by molar-refractivity contribution is 6.30. The van der Waals surface area contributed by atoms with Crippen LogP contribution in [0.15, 0.2) is 40.8 Å². The number of carbonyl (C=O) groups is 1. The Bertz CT molecular complexity index is 828. The maximum atomic E-state index is 13.7. The number of hydrogen-bond donors (Lipinski definition) is 1. The van der Waals surface area contributed by atoms with Crippen LogP contribution < -0.4 is 0 Å². The highest BCUT2D eigenvalue weighted by Gasteiger charge is 2.14. The second-order valence-corrected chi connectivity index (χ2v) is 4.57. The summed E-state index contributed by atoms with van der Waals surface area (Å²) in [4.78, 5) is 15.0. The smallest absolute Gasteiger partial charge is 0.335 e. The maximum absolute atomic E-state index is 13.7. The Morgan fingerprint density at radius 3 is 2.80 bits per heavy atom. The standard InChI is InChI=1S/C14H7ClFNO3/c15-8-2-3-10(16)9(6-8)13-17-11-5-7(14(18)19)1-4-12(11)20-13/h1-6H,(H,18,19). The minimum atomic E-state index is -1.06. The number of oxazole rings is 1. The molecule has 6 heteroatoms. The summed E-state index contributed by atoms with van der Waals surface area (Å²) in [5.74, 6) is -1.52. The molecule has 0 aliphatic rings. The molecular weight excluding hydrogens is 285 g/mol. The van der Waals surface area contributed by atoms with E-state index in [0.29, 0.717) is 16.1 Å². The van der Waals surface area contributed by atoms with Gasteiger partial charge in [-0.3, -0.25) is 0 Å². The average molecular weight is 292 g/mol. The summed E-state index contributed by atoms with van der Waals surface area (Å²) in [6, 6.07) is 8.29. The number of fused-ring (bicyclic) bond motifs is 1. The molecule has 0 radical (unpaired) electrons. The van der Waals surface area contributed by atoms with Crippen LogP contribution in [0.3, 0.4) is 0 Å². The van der Waals surface area contributed by atoms with Gasteiger partial charge in [-0.05, 0) is 36.4 Å². The highest BCUT2D eigenvalue weighted by Crippen LogP contribution is 2.28. The van der Waals surface area contributed by atoms with Gasteiger partial charge in [-0.1, -0.05) is 11.6 Å². The van der Waals surface area contributed by atoms with Crippen LogP contribution in [-0.4, -0.2) is 16.1 Å². The molecule has 0 aliphatic heterocycles. The van der Waals surface area contributed by atoms with Gasteiger partial charge in [0.2, 0.25) is 5.89 Å². The third kappa shape index (κ3) is 2.12.